The van der Waals surface area contributed by atoms with E-state index in [0.717, 1.165) is 25.9 Å². The van der Waals surface area contributed by atoms with Crippen LogP contribution in [0.4, 0.5) is 4.79 Å². The van der Waals surface area contributed by atoms with Crippen LogP contribution in [0, 0.1) is 11.8 Å². The molecular formula is C15H28N2O4. The van der Waals surface area contributed by atoms with Crippen LogP contribution in [0.1, 0.15) is 46.5 Å². The van der Waals surface area contributed by atoms with Crippen LogP contribution in [-0.4, -0.2) is 42.4 Å². The Labute approximate surface area is 126 Å². The van der Waals surface area contributed by atoms with E-state index in [1.165, 1.54) is 0 Å². The van der Waals surface area contributed by atoms with Crippen molar-refractivity contribution in [1.82, 2.24) is 10.6 Å². The molecule has 2 atom stereocenters. The Kier molecular flexibility index (Phi) is 6.95. The van der Waals surface area contributed by atoms with Gasteiger partial charge in [0, 0.05) is 19.6 Å². The van der Waals surface area contributed by atoms with Crippen molar-refractivity contribution in [3.05, 3.63) is 0 Å². The summed E-state index contributed by atoms with van der Waals surface area (Å²) in [7, 11) is 0. The van der Waals surface area contributed by atoms with Gasteiger partial charge in [0.05, 0.1) is 12.1 Å². The standard InChI is InChI=1S/C15H28N2O4/c1-11(2)7-12(8-13(18)19)9-16-14(20)17-15(3)5-4-6-21-10-15/h11-12H,4-10H2,1-3H3,(H,18,19)(H2,16,17,20). The fraction of sp³-hybridized carbons (Fsp3) is 0.867. The molecule has 0 bridgehead atoms. The van der Waals surface area contributed by atoms with E-state index >= 15 is 0 Å². The topological polar surface area (TPSA) is 87.7 Å². The minimum Gasteiger partial charge on any atom is -0.481 e. The van der Waals surface area contributed by atoms with E-state index in [0.29, 0.717) is 19.1 Å². The Morgan fingerprint density at radius 2 is 2.10 bits per heavy atom. The molecule has 1 aliphatic heterocycles. The molecular weight excluding hydrogens is 272 g/mol. The molecule has 6 heteroatoms. The van der Waals surface area contributed by atoms with Gasteiger partial charge in [-0.05, 0) is 38.0 Å². The van der Waals surface area contributed by atoms with Crippen molar-refractivity contribution in [3.8, 4) is 0 Å². The Bertz CT molecular complexity index is 352. The van der Waals surface area contributed by atoms with E-state index in [4.69, 9.17) is 9.84 Å². The summed E-state index contributed by atoms with van der Waals surface area (Å²) in [6.45, 7) is 7.71. The highest BCUT2D eigenvalue weighted by molar-refractivity contribution is 5.75. The minimum atomic E-state index is -0.824. The summed E-state index contributed by atoms with van der Waals surface area (Å²) in [4.78, 5) is 22.8. The van der Waals surface area contributed by atoms with Crippen molar-refractivity contribution >= 4 is 12.0 Å². The van der Waals surface area contributed by atoms with E-state index in [1.54, 1.807) is 0 Å². The fourth-order valence-corrected chi connectivity index (χ4v) is 2.74. The number of carboxylic acids is 1. The first-order chi connectivity index (χ1) is 9.81. The van der Waals surface area contributed by atoms with Crippen molar-refractivity contribution in [2.24, 2.45) is 11.8 Å². The lowest BCUT2D eigenvalue weighted by atomic mass is 9.94. The summed E-state index contributed by atoms with van der Waals surface area (Å²) in [6.07, 6.45) is 2.70. The van der Waals surface area contributed by atoms with Gasteiger partial charge in [-0.2, -0.15) is 0 Å². The van der Waals surface area contributed by atoms with Gasteiger partial charge in [0.1, 0.15) is 0 Å². The third kappa shape index (κ3) is 7.32. The Morgan fingerprint density at radius 3 is 2.62 bits per heavy atom. The van der Waals surface area contributed by atoms with Gasteiger partial charge in [-0.15, -0.1) is 0 Å². The molecule has 0 aromatic carbocycles. The maximum atomic E-state index is 12.0. The molecule has 21 heavy (non-hydrogen) atoms. The maximum Gasteiger partial charge on any atom is 0.315 e. The summed E-state index contributed by atoms with van der Waals surface area (Å²) in [6, 6.07) is -0.248. The monoisotopic (exact) mass is 300 g/mol. The SMILES string of the molecule is CC(C)CC(CNC(=O)NC1(C)CCCOC1)CC(=O)O. The lowest BCUT2D eigenvalue weighted by Crippen LogP contribution is -2.55. The van der Waals surface area contributed by atoms with Gasteiger partial charge in [-0.3, -0.25) is 4.79 Å². The molecule has 2 unspecified atom stereocenters. The van der Waals surface area contributed by atoms with Crippen molar-refractivity contribution in [3.63, 3.8) is 0 Å². The van der Waals surface area contributed by atoms with Gasteiger partial charge >= 0.3 is 12.0 Å². The van der Waals surface area contributed by atoms with Crippen molar-refractivity contribution in [2.75, 3.05) is 19.8 Å². The average molecular weight is 300 g/mol. The predicted molar refractivity (Wildman–Crippen MR) is 80.2 cm³/mol. The minimum absolute atomic E-state index is 0.0383. The molecule has 122 valence electrons. The molecule has 6 nitrogen and oxygen atoms in total. The largest absolute Gasteiger partial charge is 0.481 e. The molecule has 2 amide bonds. The second-order valence-corrected chi connectivity index (χ2v) is 6.65. The first kappa shape index (κ1) is 17.8. The van der Waals surface area contributed by atoms with Gasteiger partial charge in [0.2, 0.25) is 0 Å². The Morgan fingerprint density at radius 1 is 1.38 bits per heavy atom. The number of carbonyl (C=O) groups is 2. The number of carbonyl (C=O) groups excluding carboxylic acids is 1. The van der Waals surface area contributed by atoms with E-state index in [2.05, 4.69) is 24.5 Å². The van der Waals surface area contributed by atoms with Crippen LogP contribution in [-0.2, 0) is 9.53 Å². The smallest absolute Gasteiger partial charge is 0.315 e. The van der Waals surface area contributed by atoms with Crippen LogP contribution < -0.4 is 10.6 Å². The Balaban J connectivity index is 2.39. The number of nitrogens with one attached hydrogen (secondary N) is 2. The van der Waals surface area contributed by atoms with Gasteiger partial charge in [0.15, 0.2) is 0 Å². The van der Waals surface area contributed by atoms with Crippen LogP contribution in [0.3, 0.4) is 0 Å². The number of rotatable bonds is 7. The molecule has 0 aromatic heterocycles. The quantitative estimate of drug-likeness (QED) is 0.671. The number of carboxylic acid groups (broad SMARTS) is 1. The molecule has 0 radical (unpaired) electrons. The van der Waals surface area contributed by atoms with Gasteiger partial charge in [-0.25, -0.2) is 4.79 Å². The first-order valence-corrected chi connectivity index (χ1v) is 7.66. The van der Waals surface area contributed by atoms with Crippen LogP contribution in [0.2, 0.25) is 0 Å². The zero-order valence-electron chi connectivity index (χ0n) is 13.3. The van der Waals surface area contributed by atoms with Gasteiger partial charge in [-0.1, -0.05) is 13.8 Å². The van der Waals surface area contributed by atoms with E-state index in [9.17, 15) is 9.59 Å². The normalized spacial score (nSPS) is 23.6. The molecule has 0 spiro atoms. The predicted octanol–water partition coefficient (Wildman–Crippen LogP) is 1.99. The second-order valence-electron chi connectivity index (χ2n) is 6.65. The zero-order valence-corrected chi connectivity index (χ0v) is 13.3. The third-order valence-corrected chi connectivity index (χ3v) is 3.67. The highest BCUT2D eigenvalue weighted by Crippen LogP contribution is 2.18. The summed E-state index contributed by atoms with van der Waals surface area (Å²) < 4.78 is 5.40. The van der Waals surface area contributed by atoms with Crippen molar-refractivity contribution < 1.29 is 19.4 Å². The van der Waals surface area contributed by atoms with Crippen LogP contribution in [0.25, 0.3) is 0 Å². The fourth-order valence-electron chi connectivity index (χ4n) is 2.74. The molecule has 1 aliphatic rings. The maximum absolute atomic E-state index is 12.0. The van der Waals surface area contributed by atoms with Gasteiger partial charge in [0.25, 0.3) is 0 Å². The first-order valence-electron chi connectivity index (χ1n) is 7.66. The number of aliphatic carboxylic acids is 1. The summed E-state index contributed by atoms with van der Waals surface area (Å²) in [5.41, 5.74) is -0.331. The molecule has 0 aromatic rings. The molecule has 1 rings (SSSR count). The molecule has 3 N–H and O–H groups in total. The number of amides is 2. The lowest BCUT2D eigenvalue weighted by Gasteiger charge is -2.34. The number of hydrogen-bond acceptors (Lipinski definition) is 3. The highest BCUT2D eigenvalue weighted by atomic mass is 16.5. The molecule has 0 saturated carbocycles. The molecule has 1 saturated heterocycles. The number of urea groups is 1. The van der Waals surface area contributed by atoms with Crippen LogP contribution in [0.5, 0.6) is 0 Å². The summed E-state index contributed by atoms with van der Waals surface area (Å²) >= 11 is 0. The van der Waals surface area contributed by atoms with E-state index in [1.807, 2.05) is 6.92 Å². The molecule has 0 aliphatic carbocycles. The number of hydrogen-bond donors (Lipinski definition) is 3. The summed E-state index contributed by atoms with van der Waals surface area (Å²) in [5, 5.41) is 14.7. The molecule has 1 fully saturated rings. The van der Waals surface area contributed by atoms with E-state index < -0.39 is 5.97 Å². The van der Waals surface area contributed by atoms with Crippen molar-refractivity contribution in [1.29, 1.82) is 0 Å². The second kappa shape index (κ2) is 8.22. The summed E-state index contributed by atoms with van der Waals surface area (Å²) in [5.74, 6) is -0.456. The van der Waals surface area contributed by atoms with E-state index in [-0.39, 0.29) is 23.9 Å². The number of ether oxygens (including phenoxy) is 1. The van der Waals surface area contributed by atoms with Crippen molar-refractivity contribution in [2.45, 2.75) is 52.0 Å². The van der Waals surface area contributed by atoms with Crippen LogP contribution in [0.15, 0.2) is 0 Å². The zero-order chi connectivity index (χ0) is 15.9. The van der Waals surface area contributed by atoms with Crippen LogP contribution >= 0.6 is 0 Å². The van der Waals surface area contributed by atoms with Gasteiger partial charge < -0.3 is 20.5 Å². The lowest BCUT2D eigenvalue weighted by molar-refractivity contribution is -0.138. The third-order valence-electron chi connectivity index (χ3n) is 3.67. The average Bonchev–Trinajstić information content (AvgIpc) is 2.35. The molecule has 1 heterocycles. The highest BCUT2D eigenvalue weighted by Gasteiger charge is 2.29. The Hall–Kier alpha value is -1.30.